The number of aliphatic hydroxyl groups is 1. The van der Waals surface area contributed by atoms with Crippen molar-refractivity contribution in [1.82, 2.24) is 20.1 Å². The molecule has 128 valence electrons. The highest BCUT2D eigenvalue weighted by Gasteiger charge is 2.37. The van der Waals surface area contributed by atoms with E-state index in [1.807, 2.05) is 22.1 Å². The SMILES string of the molecule is O=C(N[C@@H](c1cccs1)C1CC(O)C1)c1nnc2n1CCCCC2. The third kappa shape index (κ3) is 2.98. The van der Waals surface area contributed by atoms with Gasteiger partial charge in [-0.15, -0.1) is 21.5 Å². The van der Waals surface area contributed by atoms with Crippen LogP contribution in [0.5, 0.6) is 0 Å². The van der Waals surface area contributed by atoms with Gasteiger partial charge >= 0.3 is 0 Å². The number of rotatable bonds is 4. The van der Waals surface area contributed by atoms with E-state index >= 15 is 0 Å². The second-order valence-corrected chi connectivity index (χ2v) is 7.73. The van der Waals surface area contributed by atoms with E-state index in [-0.39, 0.29) is 24.0 Å². The van der Waals surface area contributed by atoms with Crippen molar-refractivity contribution in [1.29, 1.82) is 0 Å². The second kappa shape index (κ2) is 6.64. The Hall–Kier alpha value is -1.73. The molecule has 0 bridgehead atoms. The van der Waals surface area contributed by atoms with Crippen LogP contribution in [-0.2, 0) is 13.0 Å². The Bertz CT molecular complexity index is 706. The van der Waals surface area contributed by atoms with Crippen LogP contribution in [0.25, 0.3) is 0 Å². The molecule has 1 aliphatic heterocycles. The molecule has 2 aromatic heterocycles. The van der Waals surface area contributed by atoms with Crippen LogP contribution in [0.2, 0.25) is 0 Å². The van der Waals surface area contributed by atoms with Gasteiger partial charge in [-0.05, 0) is 43.0 Å². The Balaban J connectivity index is 1.54. The Labute approximate surface area is 144 Å². The first-order chi connectivity index (χ1) is 11.7. The van der Waals surface area contributed by atoms with E-state index in [0.717, 1.165) is 49.4 Å². The molecule has 0 radical (unpaired) electrons. The van der Waals surface area contributed by atoms with Crippen LogP contribution < -0.4 is 5.32 Å². The van der Waals surface area contributed by atoms with E-state index in [1.165, 1.54) is 6.42 Å². The lowest BCUT2D eigenvalue weighted by atomic mass is 9.77. The van der Waals surface area contributed by atoms with Crippen molar-refractivity contribution in [3.8, 4) is 0 Å². The normalized spacial score (nSPS) is 24.5. The van der Waals surface area contributed by atoms with Crippen molar-refractivity contribution in [2.24, 2.45) is 5.92 Å². The Kier molecular flexibility index (Phi) is 4.37. The molecule has 4 rings (SSSR count). The molecule has 6 nitrogen and oxygen atoms in total. The zero-order chi connectivity index (χ0) is 16.5. The maximum Gasteiger partial charge on any atom is 0.289 e. The molecular weight excluding hydrogens is 324 g/mol. The first-order valence-corrected chi connectivity index (χ1v) is 9.55. The molecule has 3 heterocycles. The molecule has 0 spiro atoms. The predicted octanol–water partition coefficient (Wildman–Crippen LogP) is 2.31. The average molecular weight is 346 g/mol. The van der Waals surface area contributed by atoms with Crippen LogP contribution in [-0.4, -0.2) is 31.9 Å². The summed E-state index contributed by atoms with van der Waals surface area (Å²) in [6.07, 6.45) is 5.47. The van der Waals surface area contributed by atoms with E-state index in [9.17, 15) is 9.90 Å². The number of hydrogen-bond donors (Lipinski definition) is 2. The summed E-state index contributed by atoms with van der Waals surface area (Å²) in [4.78, 5) is 14.0. The number of fused-ring (bicyclic) bond motifs is 1. The zero-order valence-electron chi connectivity index (χ0n) is 13.5. The van der Waals surface area contributed by atoms with Gasteiger partial charge in [-0.25, -0.2) is 0 Å². The molecule has 7 heteroatoms. The van der Waals surface area contributed by atoms with E-state index < -0.39 is 0 Å². The van der Waals surface area contributed by atoms with E-state index in [4.69, 9.17) is 0 Å². The highest BCUT2D eigenvalue weighted by molar-refractivity contribution is 7.10. The Morgan fingerprint density at radius 3 is 2.96 bits per heavy atom. The molecule has 1 fully saturated rings. The zero-order valence-corrected chi connectivity index (χ0v) is 14.3. The molecule has 1 saturated carbocycles. The Morgan fingerprint density at radius 2 is 2.21 bits per heavy atom. The Morgan fingerprint density at radius 1 is 1.33 bits per heavy atom. The molecule has 24 heavy (non-hydrogen) atoms. The molecule has 2 N–H and O–H groups in total. The van der Waals surface area contributed by atoms with Crippen molar-refractivity contribution in [2.75, 3.05) is 0 Å². The fraction of sp³-hybridized carbons (Fsp3) is 0.588. The number of nitrogens with one attached hydrogen (secondary N) is 1. The van der Waals surface area contributed by atoms with Gasteiger partial charge in [0.2, 0.25) is 5.82 Å². The molecule has 1 aliphatic carbocycles. The number of carbonyl (C=O) groups excluding carboxylic acids is 1. The van der Waals surface area contributed by atoms with Crippen molar-refractivity contribution in [2.45, 2.75) is 57.2 Å². The quantitative estimate of drug-likeness (QED) is 0.890. The van der Waals surface area contributed by atoms with Crippen molar-refractivity contribution >= 4 is 17.2 Å². The molecule has 0 aromatic carbocycles. The molecule has 1 atom stereocenters. The molecule has 2 aromatic rings. The lowest BCUT2D eigenvalue weighted by molar-refractivity contribution is 0.0239. The number of hydrogen-bond acceptors (Lipinski definition) is 5. The van der Waals surface area contributed by atoms with Crippen molar-refractivity contribution < 1.29 is 9.90 Å². The lowest BCUT2D eigenvalue weighted by Gasteiger charge is -2.37. The van der Waals surface area contributed by atoms with Gasteiger partial charge in [0.15, 0.2) is 0 Å². The summed E-state index contributed by atoms with van der Waals surface area (Å²) in [7, 11) is 0. The van der Waals surface area contributed by atoms with Gasteiger partial charge < -0.3 is 15.0 Å². The van der Waals surface area contributed by atoms with Gasteiger partial charge in [0.05, 0.1) is 12.1 Å². The minimum absolute atomic E-state index is 0.0559. The minimum Gasteiger partial charge on any atom is -0.393 e. The van der Waals surface area contributed by atoms with Crippen LogP contribution in [0.15, 0.2) is 17.5 Å². The minimum atomic E-state index is -0.237. The monoisotopic (exact) mass is 346 g/mol. The van der Waals surface area contributed by atoms with Gasteiger partial charge in [-0.2, -0.15) is 0 Å². The number of aryl methyl sites for hydroxylation is 1. The van der Waals surface area contributed by atoms with E-state index in [2.05, 4.69) is 15.5 Å². The van der Waals surface area contributed by atoms with E-state index in [0.29, 0.717) is 5.82 Å². The van der Waals surface area contributed by atoms with Crippen LogP contribution >= 0.6 is 11.3 Å². The average Bonchev–Trinajstić information content (AvgIpc) is 3.15. The summed E-state index contributed by atoms with van der Waals surface area (Å²) in [5.41, 5.74) is 0. The standard InChI is InChI=1S/C17H22N4O2S/c22-12-9-11(10-12)15(13-5-4-8-24-13)18-17(23)16-20-19-14-6-2-1-3-7-21(14)16/h4-5,8,11-12,15,22H,1-3,6-7,9-10H2,(H,18,23)/t11?,12?,15-/m1/s1. The number of aliphatic hydroxyl groups excluding tert-OH is 1. The number of carbonyl (C=O) groups is 1. The fourth-order valence-electron chi connectivity index (χ4n) is 3.65. The largest absolute Gasteiger partial charge is 0.393 e. The molecule has 1 amide bonds. The molecular formula is C17H22N4O2S. The van der Waals surface area contributed by atoms with Crippen molar-refractivity contribution in [3.63, 3.8) is 0 Å². The third-order valence-electron chi connectivity index (χ3n) is 5.07. The maximum absolute atomic E-state index is 12.8. The summed E-state index contributed by atoms with van der Waals surface area (Å²) in [6.45, 7) is 0.816. The molecule has 2 aliphatic rings. The van der Waals surface area contributed by atoms with Gasteiger partial charge in [0.25, 0.3) is 5.91 Å². The lowest BCUT2D eigenvalue weighted by Crippen LogP contribution is -2.41. The van der Waals surface area contributed by atoms with Gasteiger partial charge in [0, 0.05) is 17.8 Å². The first kappa shape index (κ1) is 15.8. The number of thiophene rings is 1. The third-order valence-corrected chi connectivity index (χ3v) is 6.03. The van der Waals surface area contributed by atoms with Crippen LogP contribution in [0.3, 0.4) is 0 Å². The highest BCUT2D eigenvalue weighted by Crippen LogP contribution is 2.39. The van der Waals surface area contributed by atoms with Crippen LogP contribution in [0.4, 0.5) is 0 Å². The topological polar surface area (TPSA) is 80.0 Å². The number of nitrogens with zero attached hydrogens (tertiary/aromatic N) is 3. The summed E-state index contributed by atoms with van der Waals surface area (Å²) in [5, 5.41) is 23.2. The van der Waals surface area contributed by atoms with Crippen LogP contribution in [0.1, 0.15) is 59.5 Å². The summed E-state index contributed by atoms with van der Waals surface area (Å²) >= 11 is 1.64. The van der Waals surface area contributed by atoms with Crippen LogP contribution in [0, 0.1) is 5.92 Å². The highest BCUT2D eigenvalue weighted by atomic mass is 32.1. The van der Waals surface area contributed by atoms with Crippen molar-refractivity contribution in [3.05, 3.63) is 34.0 Å². The summed E-state index contributed by atoms with van der Waals surface area (Å²) in [5.74, 6) is 1.47. The first-order valence-electron chi connectivity index (χ1n) is 8.67. The van der Waals surface area contributed by atoms with Gasteiger partial charge in [-0.1, -0.05) is 12.5 Å². The summed E-state index contributed by atoms with van der Waals surface area (Å²) in [6, 6.07) is 3.99. The van der Waals surface area contributed by atoms with E-state index in [1.54, 1.807) is 11.3 Å². The number of aromatic nitrogens is 3. The summed E-state index contributed by atoms with van der Waals surface area (Å²) < 4.78 is 1.98. The smallest absolute Gasteiger partial charge is 0.289 e. The molecule has 0 unspecified atom stereocenters. The fourth-order valence-corrected chi connectivity index (χ4v) is 4.52. The van der Waals surface area contributed by atoms with Gasteiger partial charge in [0.1, 0.15) is 5.82 Å². The predicted molar refractivity (Wildman–Crippen MR) is 90.8 cm³/mol. The van der Waals surface area contributed by atoms with Gasteiger partial charge in [-0.3, -0.25) is 4.79 Å². The number of amides is 1. The molecule has 0 saturated heterocycles. The second-order valence-electron chi connectivity index (χ2n) is 6.75. The maximum atomic E-state index is 12.8.